The van der Waals surface area contributed by atoms with Gasteiger partial charge in [0.05, 0.1) is 4.88 Å². The third-order valence-electron chi connectivity index (χ3n) is 2.68. The summed E-state index contributed by atoms with van der Waals surface area (Å²) in [5.74, 6) is -0.539. The van der Waals surface area contributed by atoms with Gasteiger partial charge in [0.15, 0.2) is 0 Å². The summed E-state index contributed by atoms with van der Waals surface area (Å²) in [4.78, 5) is 14.0. The molecule has 2 rings (SSSR count). The second-order valence-electron chi connectivity index (χ2n) is 4.29. The van der Waals surface area contributed by atoms with Crippen molar-refractivity contribution in [2.24, 2.45) is 0 Å². The molecule has 0 aliphatic heterocycles. The lowest BCUT2D eigenvalue weighted by atomic mass is 10.2. The molecule has 112 valence electrons. The summed E-state index contributed by atoms with van der Waals surface area (Å²) < 4.78 is 41.0. The van der Waals surface area contributed by atoms with Crippen LogP contribution < -0.4 is 4.74 Å². The predicted octanol–water partition coefficient (Wildman–Crippen LogP) is 3.92. The van der Waals surface area contributed by atoms with Crippen LogP contribution in [0.15, 0.2) is 41.8 Å². The van der Waals surface area contributed by atoms with E-state index >= 15 is 0 Å². The molecule has 0 saturated heterocycles. The molecule has 0 bridgehead atoms. The maximum Gasteiger partial charge on any atom is 0.573 e. The first-order valence-electron chi connectivity index (χ1n) is 5.99. The zero-order chi connectivity index (χ0) is 15.5. The number of thiophene rings is 1. The van der Waals surface area contributed by atoms with Gasteiger partial charge in [-0.1, -0.05) is 24.3 Å². The number of hydrogen-bond acceptors (Lipinski definition) is 3. The Bertz CT molecular complexity index is 611. The van der Waals surface area contributed by atoms with Crippen molar-refractivity contribution in [2.75, 3.05) is 7.05 Å². The van der Waals surface area contributed by atoms with E-state index in [0.29, 0.717) is 10.4 Å². The number of benzene rings is 1. The Labute approximate surface area is 123 Å². The van der Waals surface area contributed by atoms with Crippen molar-refractivity contribution in [3.8, 4) is 5.75 Å². The van der Waals surface area contributed by atoms with Crippen molar-refractivity contribution in [1.29, 1.82) is 0 Å². The van der Waals surface area contributed by atoms with Gasteiger partial charge in [-0.2, -0.15) is 0 Å². The lowest BCUT2D eigenvalue weighted by molar-refractivity contribution is -0.274. The molecule has 21 heavy (non-hydrogen) atoms. The summed E-state index contributed by atoms with van der Waals surface area (Å²) >= 11 is 1.28. The first kappa shape index (κ1) is 15.4. The van der Waals surface area contributed by atoms with Crippen LogP contribution in [0.1, 0.15) is 15.2 Å². The van der Waals surface area contributed by atoms with E-state index in [1.54, 1.807) is 23.6 Å². The summed E-state index contributed by atoms with van der Waals surface area (Å²) in [5.41, 5.74) is 0.294. The van der Waals surface area contributed by atoms with Crippen molar-refractivity contribution in [3.05, 3.63) is 52.2 Å². The average molecular weight is 315 g/mol. The fourth-order valence-corrected chi connectivity index (χ4v) is 2.49. The highest BCUT2D eigenvalue weighted by Gasteiger charge is 2.32. The maximum absolute atomic E-state index is 12.3. The van der Waals surface area contributed by atoms with Gasteiger partial charge in [-0.25, -0.2) is 0 Å². The first-order valence-corrected chi connectivity index (χ1v) is 6.87. The number of hydrogen-bond donors (Lipinski definition) is 0. The van der Waals surface area contributed by atoms with Crippen LogP contribution in [-0.2, 0) is 6.54 Å². The highest BCUT2D eigenvalue weighted by molar-refractivity contribution is 7.12. The van der Waals surface area contributed by atoms with Gasteiger partial charge in [-0.3, -0.25) is 4.79 Å². The zero-order valence-corrected chi connectivity index (χ0v) is 11.9. The van der Waals surface area contributed by atoms with E-state index in [4.69, 9.17) is 0 Å². The molecule has 0 spiro atoms. The lowest BCUT2D eigenvalue weighted by Crippen LogP contribution is -2.26. The summed E-state index contributed by atoms with van der Waals surface area (Å²) in [6.07, 6.45) is -4.76. The monoisotopic (exact) mass is 315 g/mol. The van der Waals surface area contributed by atoms with Gasteiger partial charge in [0.2, 0.25) is 0 Å². The number of carbonyl (C=O) groups is 1. The number of nitrogens with zero attached hydrogens (tertiary/aromatic N) is 1. The summed E-state index contributed by atoms with van der Waals surface area (Å²) in [6, 6.07) is 9.19. The summed E-state index contributed by atoms with van der Waals surface area (Å²) in [5, 5.41) is 1.77. The molecule has 1 heterocycles. The van der Waals surface area contributed by atoms with Crippen LogP contribution >= 0.6 is 11.3 Å². The highest BCUT2D eigenvalue weighted by Crippen LogP contribution is 2.27. The number of halogens is 3. The highest BCUT2D eigenvalue weighted by atomic mass is 32.1. The standard InChI is InChI=1S/C14H12F3NO2S/c1-18(13(19)12-7-4-8-21-12)9-10-5-2-3-6-11(10)20-14(15,16)17/h2-8H,9H2,1H3. The Morgan fingerprint density at radius 1 is 1.24 bits per heavy atom. The van der Waals surface area contributed by atoms with Gasteiger partial charge in [0.25, 0.3) is 5.91 Å². The normalized spacial score (nSPS) is 11.2. The second-order valence-corrected chi connectivity index (χ2v) is 5.24. The van der Waals surface area contributed by atoms with Crippen LogP contribution in [0.2, 0.25) is 0 Å². The predicted molar refractivity (Wildman–Crippen MR) is 73.2 cm³/mol. The molecule has 0 N–H and O–H groups in total. The van der Waals surface area contributed by atoms with Crippen LogP contribution in [0.25, 0.3) is 0 Å². The molecule has 0 aliphatic carbocycles. The number of para-hydroxylation sites is 1. The molecular formula is C14H12F3NO2S. The molecule has 0 saturated carbocycles. The third kappa shape index (κ3) is 4.22. The Balaban J connectivity index is 2.14. The topological polar surface area (TPSA) is 29.5 Å². The smallest absolute Gasteiger partial charge is 0.405 e. The van der Waals surface area contributed by atoms with Gasteiger partial charge in [0.1, 0.15) is 5.75 Å². The average Bonchev–Trinajstić information content (AvgIpc) is 2.92. The summed E-state index contributed by atoms with van der Waals surface area (Å²) in [6.45, 7) is 0.0307. The van der Waals surface area contributed by atoms with Gasteiger partial charge in [-0.15, -0.1) is 24.5 Å². The zero-order valence-electron chi connectivity index (χ0n) is 11.1. The van der Waals surface area contributed by atoms with Crippen LogP contribution in [0.4, 0.5) is 13.2 Å². The number of carbonyl (C=O) groups excluding carboxylic acids is 1. The van der Waals surface area contributed by atoms with Crippen molar-refractivity contribution >= 4 is 17.2 Å². The fourth-order valence-electron chi connectivity index (χ4n) is 1.77. The molecule has 0 radical (unpaired) electrons. The third-order valence-corrected chi connectivity index (χ3v) is 3.54. The Morgan fingerprint density at radius 2 is 1.95 bits per heavy atom. The fraction of sp³-hybridized carbons (Fsp3) is 0.214. The second kappa shape index (κ2) is 6.17. The molecule has 2 aromatic rings. The van der Waals surface area contributed by atoms with E-state index in [-0.39, 0.29) is 18.2 Å². The van der Waals surface area contributed by atoms with Crippen molar-refractivity contribution in [1.82, 2.24) is 4.90 Å². The van der Waals surface area contributed by atoms with Crippen LogP contribution in [0.3, 0.4) is 0 Å². The van der Waals surface area contributed by atoms with Crippen molar-refractivity contribution in [3.63, 3.8) is 0 Å². The molecule has 1 aromatic carbocycles. The van der Waals surface area contributed by atoms with Gasteiger partial charge >= 0.3 is 6.36 Å². The van der Waals surface area contributed by atoms with E-state index in [1.165, 1.54) is 41.5 Å². The van der Waals surface area contributed by atoms with Crippen molar-refractivity contribution < 1.29 is 22.7 Å². The van der Waals surface area contributed by atoms with E-state index in [1.807, 2.05) is 0 Å². The molecule has 0 aliphatic rings. The van der Waals surface area contributed by atoms with E-state index < -0.39 is 6.36 Å². The summed E-state index contributed by atoms with van der Waals surface area (Å²) in [7, 11) is 1.53. The molecule has 1 amide bonds. The molecular weight excluding hydrogens is 303 g/mol. The number of alkyl halides is 3. The van der Waals surface area contributed by atoms with Gasteiger partial charge in [-0.05, 0) is 17.5 Å². The number of amides is 1. The van der Waals surface area contributed by atoms with Crippen LogP contribution in [0, 0.1) is 0 Å². The SMILES string of the molecule is CN(Cc1ccccc1OC(F)(F)F)C(=O)c1cccs1. The maximum atomic E-state index is 12.3. The first-order chi connectivity index (χ1) is 9.87. The van der Waals surface area contributed by atoms with Crippen LogP contribution in [-0.4, -0.2) is 24.2 Å². The molecule has 3 nitrogen and oxygen atoms in total. The van der Waals surface area contributed by atoms with E-state index in [0.717, 1.165) is 0 Å². The Morgan fingerprint density at radius 3 is 2.57 bits per heavy atom. The van der Waals surface area contributed by atoms with Gasteiger partial charge < -0.3 is 9.64 Å². The number of rotatable bonds is 4. The molecule has 7 heteroatoms. The quantitative estimate of drug-likeness (QED) is 0.856. The minimum Gasteiger partial charge on any atom is -0.405 e. The van der Waals surface area contributed by atoms with Crippen LogP contribution in [0.5, 0.6) is 5.75 Å². The number of ether oxygens (including phenoxy) is 1. The molecule has 0 atom stereocenters. The molecule has 0 unspecified atom stereocenters. The lowest BCUT2D eigenvalue weighted by Gasteiger charge is -2.19. The van der Waals surface area contributed by atoms with E-state index in [2.05, 4.69) is 4.74 Å². The van der Waals surface area contributed by atoms with Crippen molar-refractivity contribution in [2.45, 2.75) is 12.9 Å². The minimum atomic E-state index is -4.76. The van der Waals surface area contributed by atoms with Gasteiger partial charge in [0, 0.05) is 19.2 Å². The van der Waals surface area contributed by atoms with E-state index in [9.17, 15) is 18.0 Å². The molecule has 1 aromatic heterocycles. The Kier molecular flexibility index (Phi) is 4.52. The molecule has 0 fully saturated rings. The minimum absolute atomic E-state index is 0.0307. The Hall–Kier alpha value is -2.02. The largest absolute Gasteiger partial charge is 0.573 e.